The van der Waals surface area contributed by atoms with Gasteiger partial charge in [0.1, 0.15) is 0 Å². The van der Waals surface area contributed by atoms with Crippen LogP contribution in [0.25, 0.3) is 0 Å². The molecule has 0 saturated heterocycles. The van der Waals surface area contributed by atoms with Crippen LogP contribution in [0.1, 0.15) is 5.56 Å². The molecule has 1 radical (unpaired) electrons. The Morgan fingerprint density at radius 2 is 2.09 bits per heavy atom. The summed E-state index contributed by atoms with van der Waals surface area (Å²) in [6, 6.07) is 1.13. The Morgan fingerprint density at radius 1 is 1.45 bits per heavy atom. The summed E-state index contributed by atoms with van der Waals surface area (Å²) in [4.78, 5) is 3.24. The third kappa shape index (κ3) is 1.92. The normalized spacial score (nSPS) is 11.6. The number of nitrogens with zero attached hydrogens (tertiary/aromatic N) is 1. The van der Waals surface area contributed by atoms with Gasteiger partial charge in [0, 0.05) is 10.7 Å². The van der Waals surface area contributed by atoms with Gasteiger partial charge in [0.25, 0.3) is 0 Å². The molecule has 1 nitrogen and oxygen atoms in total. The van der Waals surface area contributed by atoms with Gasteiger partial charge in [-0.2, -0.15) is 13.2 Å². The molecule has 0 bridgehead atoms. The van der Waals surface area contributed by atoms with Crippen molar-refractivity contribution >= 4 is 15.9 Å². The van der Waals surface area contributed by atoms with E-state index in [4.69, 9.17) is 0 Å². The molecule has 0 aliphatic heterocycles. The Morgan fingerprint density at radius 3 is 2.45 bits per heavy atom. The Balaban J connectivity index is 3.14. The summed E-state index contributed by atoms with van der Waals surface area (Å²) in [7, 11) is 0. The number of hydrogen-bond donors (Lipinski definition) is 0. The first-order valence-electron chi connectivity index (χ1n) is 2.60. The predicted octanol–water partition coefficient (Wildman–Crippen LogP) is 2.66. The molecule has 11 heavy (non-hydrogen) atoms. The van der Waals surface area contributed by atoms with E-state index in [9.17, 15) is 13.2 Å². The Hall–Kier alpha value is -0.580. The van der Waals surface area contributed by atoms with Crippen molar-refractivity contribution < 1.29 is 13.2 Å². The van der Waals surface area contributed by atoms with Gasteiger partial charge in [-0.25, -0.2) is 0 Å². The van der Waals surface area contributed by atoms with E-state index < -0.39 is 11.7 Å². The molecule has 5 heteroatoms. The van der Waals surface area contributed by atoms with Crippen molar-refractivity contribution in [3.05, 3.63) is 28.5 Å². The number of aromatic nitrogens is 1. The maximum Gasteiger partial charge on any atom is 0.418 e. The van der Waals surface area contributed by atoms with E-state index >= 15 is 0 Å². The van der Waals surface area contributed by atoms with Gasteiger partial charge in [-0.3, -0.25) is 4.98 Å². The lowest BCUT2D eigenvalue weighted by Gasteiger charge is -2.06. The maximum atomic E-state index is 12.0. The maximum absolute atomic E-state index is 12.0. The van der Waals surface area contributed by atoms with Gasteiger partial charge >= 0.3 is 6.18 Å². The first-order chi connectivity index (χ1) is 5.02. The number of hydrogen-bond acceptors (Lipinski definition) is 1. The number of rotatable bonds is 0. The van der Waals surface area contributed by atoms with Gasteiger partial charge in [0.2, 0.25) is 0 Å². The molecule has 0 amide bonds. The van der Waals surface area contributed by atoms with Crippen LogP contribution in [0, 0.1) is 6.20 Å². The zero-order valence-corrected chi connectivity index (χ0v) is 6.70. The fraction of sp³-hybridized carbons (Fsp3) is 0.167. The fourth-order valence-corrected chi connectivity index (χ4v) is 0.973. The fourth-order valence-electron chi connectivity index (χ4n) is 0.544. The van der Waals surface area contributed by atoms with Crippen molar-refractivity contribution in [1.82, 2.24) is 4.98 Å². The van der Waals surface area contributed by atoms with Crippen molar-refractivity contribution in [2.75, 3.05) is 0 Å². The van der Waals surface area contributed by atoms with E-state index in [0.717, 1.165) is 12.3 Å². The van der Waals surface area contributed by atoms with Crippen molar-refractivity contribution in [1.29, 1.82) is 0 Å². The predicted molar refractivity (Wildman–Crippen MR) is 35.8 cm³/mol. The lowest BCUT2D eigenvalue weighted by molar-refractivity contribution is -0.138. The van der Waals surface area contributed by atoms with Gasteiger partial charge < -0.3 is 0 Å². The first kappa shape index (κ1) is 8.52. The average Bonchev–Trinajstić information content (AvgIpc) is 1.86. The highest BCUT2D eigenvalue weighted by molar-refractivity contribution is 9.10. The molecule has 1 aromatic heterocycles. The van der Waals surface area contributed by atoms with Crippen LogP contribution in [0.2, 0.25) is 0 Å². The summed E-state index contributed by atoms with van der Waals surface area (Å²) < 4.78 is 35.9. The standard InChI is InChI=1S/C6H2BrF3N/c7-5-1-2-11-3-4(5)6(8,9)10/h1,3H. The van der Waals surface area contributed by atoms with Crippen LogP contribution in [-0.4, -0.2) is 4.98 Å². The molecule has 0 aliphatic rings. The van der Waals surface area contributed by atoms with E-state index in [-0.39, 0.29) is 4.47 Å². The molecular formula is C6H2BrF3N. The number of alkyl halides is 3. The molecule has 0 spiro atoms. The lowest BCUT2D eigenvalue weighted by Crippen LogP contribution is -2.06. The second-order valence-electron chi connectivity index (χ2n) is 1.79. The molecule has 0 aromatic carbocycles. The second kappa shape index (κ2) is 2.81. The Kier molecular flexibility index (Phi) is 2.17. The highest BCUT2D eigenvalue weighted by Gasteiger charge is 2.32. The first-order valence-corrected chi connectivity index (χ1v) is 3.40. The van der Waals surface area contributed by atoms with Gasteiger partial charge in [-0.05, 0) is 6.07 Å². The van der Waals surface area contributed by atoms with Crippen LogP contribution < -0.4 is 0 Å². The third-order valence-electron chi connectivity index (χ3n) is 1.02. The van der Waals surface area contributed by atoms with Crippen LogP contribution in [0.15, 0.2) is 16.7 Å². The van der Waals surface area contributed by atoms with Crippen LogP contribution in [-0.2, 0) is 6.18 Å². The minimum absolute atomic E-state index is 0.0417. The van der Waals surface area contributed by atoms with E-state index in [0.29, 0.717) is 0 Å². The summed E-state index contributed by atoms with van der Waals surface area (Å²) in [5.74, 6) is 0. The average molecular weight is 225 g/mol. The van der Waals surface area contributed by atoms with Crippen molar-refractivity contribution in [2.45, 2.75) is 6.18 Å². The van der Waals surface area contributed by atoms with E-state index in [2.05, 4.69) is 27.1 Å². The van der Waals surface area contributed by atoms with E-state index in [1.54, 1.807) is 0 Å². The summed E-state index contributed by atoms with van der Waals surface area (Å²) >= 11 is 2.74. The van der Waals surface area contributed by atoms with Crippen LogP contribution in [0.3, 0.4) is 0 Å². The topological polar surface area (TPSA) is 12.9 Å². The SMILES string of the molecule is FC(F)(F)c1cn[c]cc1Br. The van der Waals surface area contributed by atoms with Crippen LogP contribution in [0.4, 0.5) is 13.2 Å². The highest BCUT2D eigenvalue weighted by Crippen LogP contribution is 2.33. The molecule has 1 heterocycles. The summed E-state index contributed by atoms with van der Waals surface area (Å²) in [5, 5.41) is 0. The Bertz CT molecular complexity index is 258. The zero-order valence-electron chi connectivity index (χ0n) is 5.11. The number of halogens is 4. The van der Waals surface area contributed by atoms with Gasteiger partial charge in [0.05, 0.1) is 11.8 Å². The third-order valence-corrected chi connectivity index (χ3v) is 1.68. The molecular weight excluding hydrogens is 223 g/mol. The lowest BCUT2D eigenvalue weighted by atomic mass is 10.3. The molecule has 59 valence electrons. The van der Waals surface area contributed by atoms with Gasteiger partial charge in [-0.1, -0.05) is 15.9 Å². The van der Waals surface area contributed by atoms with Crippen molar-refractivity contribution in [3.63, 3.8) is 0 Å². The summed E-state index contributed by atoms with van der Waals surface area (Å²) in [6.07, 6.45) is -1.34. The van der Waals surface area contributed by atoms with Crippen LogP contribution >= 0.6 is 15.9 Å². The largest absolute Gasteiger partial charge is 0.418 e. The Labute approximate surface area is 69.4 Å². The molecule has 0 atom stereocenters. The quantitative estimate of drug-likeness (QED) is 0.661. The van der Waals surface area contributed by atoms with Crippen molar-refractivity contribution in [2.24, 2.45) is 0 Å². The minimum atomic E-state index is -4.35. The second-order valence-corrected chi connectivity index (χ2v) is 2.65. The summed E-state index contributed by atoms with van der Waals surface area (Å²) in [6.45, 7) is 0. The molecule has 0 aliphatic carbocycles. The summed E-state index contributed by atoms with van der Waals surface area (Å²) in [5.41, 5.74) is -0.781. The van der Waals surface area contributed by atoms with E-state index in [1.165, 1.54) is 0 Å². The smallest absolute Gasteiger partial charge is 0.254 e. The minimum Gasteiger partial charge on any atom is -0.254 e. The van der Waals surface area contributed by atoms with Crippen molar-refractivity contribution in [3.8, 4) is 0 Å². The molecule has 0 N–H and O–H groups in total. The van der Waals surface area contributed by atoms with Gasteiger partial charge in [0.15, 0.2) is 0 Å². The van der Waals surface area contributed by atoms with E-state index in [1.807, 2.05) is 0 Å². The van der Waals surface area contributed by atoms with Gasteiger partial charge in [-0.15, -0.1) is 0 Å². The number of pyridine rings is 1. The van der Waals surface area contributed by atoms with Crippen LogP contribution in [0.5, 0.6) is 0 Å². The molecule has 0 unspecified atom stereocenters. The highest BCUT2D eigenvalue weighted by atomic mass is 79.9. The molecule has 0 saturated carbocycles. The molecule has 1 aromatic rings. The monoisotopic (exact) mass is 224 g/mol. The molecule has 1 rings (SSSR count). The zero-order chi connectivity index (χ0) is 8.48. The molecule has 0 fully saturated rings.